The van der Waals surface area contributed by atoms with Gasteiger partial charge in [-0.15, -0.1) is 0 Å². The lowest BCUT2D eigenvalue weighted by molar-refractivity contribution is -0.139. The Balaban J connectivity index is 2.06. The summed E-state index contributed by atoms with van der Waals surface area (Å²) in [7, 11) is -4.27. The van der Waals surface area contributed by atoms with Crippen LogP contribution in [-0.4, -0.2) is 43.8 Å². The van der Waals surface area contributed by atoms with Gasteiger partial charge in [-0.25, -0.2) is 12.8 Å². The van der Waals surface area contributed by atoms with Crippen molar-refractivity contribution < 1.29 is 22.4 Å². The van der Waals surface area contributed by atoms with Crippen molar-refractivity contribution in [2.45, 2.75) is 57.6 Å². The highest BCUT2D eigenvalue weighted by molar-refractivity contribution is 7.92. The highest BCUT2D eigenvalue weighted by atomic mass is 35.5. The van der Waals surface area contributed by atoms with Crippen LogP contribution in [0.25, 0.3) is 0 Å². The molecule has 214 valence electrons. The van der Waals surface area contributed by atoms with Gasteiger partial charge in [-0.1, -0.05) is 66.0 Å². The monoisotopic (exact) mass is 607 g/mol. The Morgan fingerprint density at radius 3 is 2.23 bits per heavy atom. The molecule has 0 radical (unpaired) electrons. The van der Waals surface area contributed by atoms with E-state index in [0.717, 1.165) is 9.87 Å². The van der Waals surface area contributed by atoms with Gasteiger partial charge >= 0.3 is 0 Å². The van der Waals surface area contributed by atoms with Gasteiger partial charge in [0.1, 0.15) is 18.4 Å². The molecule has 40 heavy (non-hydrogen) atoms. The number of hydrogen-bond donors (Lipinski definition) is 1. The fourth-order valence-electron chi connectivity index (χ4n) is 3.86. The van der Waals surface area contributed by atoms with Gasteiger partial charge in [0.2, 0.25) is 11.8 Å². The van der Waals surface area contributed by atoms with E-state index in [4.69, 9.17) is 23.2 Å². The molecule has 1 N–H and O–H groups in total. The number of anilines is 1. The molecule has 3 aromatic carbocycles. The third kappa shape index (κ3) is 7.53. The molecule has 0 aromatic heterocycles. The van der Waals surface area contributed by atoms with Crippen LogP contribution in [0.2, 0.25) is 10.0 Å². The zero-order valence-electron chi connectivity index (χ0n) is 22.7. The molecule has 0 aliphatic carbocycles. The van der Waals surface area contributed by atoms with E-state index < -0.39 is 40.2 Å². The molecule has 2 amide bonds. The van der Waals surface area contributed by atoms with E-state index in [0.29, 0.717) is 6.42 Å². The summed E-state index contributed by atoms with van der Waals surface area (Å²) in [6.07, 6.45) is 0.666. The molecule has 2 unspecified atom stereocenters. The Kier molecular flexibility index (Phi) is 10.6. The summed E-state index contributed by atoms with van der Waals surface area (Å²) >= 11 is 12.3. The Morgan fingerprint density at radius 1 is 0.975 bits per heavy atom. The second-order valence-electron chi connectivity index (χ2n) is 9.53. The summed E-state index contributed by atoms with van der Waals surface area (Å²) in [5.41, 5.74) is 1.14. The number of sulfonamides is 1. The van der Waals surface area contributed by atoms with E-state index in [1.165, 1.54) is 60.4 Å². The van der Waals surface area contributed by atoms with Crippen LogP contribution >= 0.6 is 23.2 Å². The van der Waals surface area contributed by atoms with Crippen LogP contribution in [0.3, 0.4) is 0 Å². The van der Waals surface area contributed by atoms with Crippen LogP contribution in [0.5, 0.6) is 0 Å². The molecule has 0 saturated carbocycles. The van der Waals surface area contributed by atoms with E-state index >= 15 is 0 Å². The summed E-state index contributed by atoms with van der Waals surface area (Å²) in [6.45, 7) is 6.15. The molecular formula is C29H32Cl2FN3O4S. The molecule has 0 fully saturated rings. The largest absolute Gasteiger partial charge is 0.352 e. The van der Waals surface area contributed by atoms with Crippen molar-refractivity contribution in [2.75, 3.05) is 10.8 Å². The van der Waals surface area contributed by atoms with Gasteiger partial charge in [0.05, 0.1) is 20.6 Å². The van der Waals surface area contributed by atoms with Gasteiger partial charge < -0.3 is 10.2 Å². The minimum atomic E-state index is -4.27. The van der Waals surface area contributed by atoms with E-state index in [1.807, 2.05) is 20.8 Å². The Morgan fingerprint density at radius 2 is 1.62 bits per heavy atom. The van der Waals surface area contributed by atoms with Crippen molar-refractivity contribution in [2.24, 2.45) is 0 Å². The number of benzene rings is 3. The highest BCUT2D eigenvalue weighted by Crippen LogP contribution is 2.31. The minimum absolute atomic E-state index is 0.0415. The number of carbonyl (C=O) groups is 2. The fourth-order valence-corrected chi connectivity index (χ4v) is 5.56. The molecule has 7 nitrogen and oxygen atoms in total. The van der Waals surface area contributed by atoms with Gasteiger partial charge in [-0.05, 0) is 63.6 Å². The van der Waals surface area contributed by atoms with Crippen molar-refractivity contribution in [3.63, 3.8) is 0 Å². The number of halogens is 3. The third-order valence-electron chi connectivity index (χ3n) is 6.55. The maximum Gasteiger partial charge on any atom is 0.264 e. The third-order valence-corrected chi connectivity index (χ3v) is 9.07. The van der Waals surface area contributed by atoms with Gasteiger partial charge in [0, 0.05) is 18.2 Å². The standard InChI is InChI=1S/C29H32Cl2FN3O4S/c1-5-20(3)33-29(37)21(4)34(17-22-8-6-7-9-27(22)32)28(36)18-35(23-12-15-25(30)26(31)16-23)40(38,39)24-13-10-19(2)11-14-24/h6-16,20-21H,5,17-18H2,1-4H3,(H,33,37). The lowest BCUT2D eigenvalue weighted by Gasteiger charge is -2.32. The van der Waals surface area contributed by atoms with Gasteiger partial charge in [0.15, 0.2) is 0 Å². The first-order chi connectivity index (χ1) is 18.8. The van der Waals surface area contributed by atoms with Gasteiger partial charge in [-0.3, -0.25) is 13.9 Å². The second-order valence-corrected chi connectivity index (χ2v) is 12.2. The smallest absolute Gasteiger partial charge is 0.264 e. The summed E-state index contributed by atoms with van der Waals surface area (Å²) in [5, 5.41) is 3.14. The lowest BCUT2D eigenvalue weighted by Crippen LogP contribution is -2.52. The maximum atomic E-state index is 14.6. The fraction of sp³-hybridized carbons (Fsp3) is 0.310. The molecule has 2 atom stereocenters. The van der Waals surface area contributed by atoms with E-state index in [2.05, 4.69) is 5.32 Å². The molecule has 0 aliphatic heterocycles. The van der Waals surface area contributed by atoms with Crippen LogP contribution in [0.15, 0.2) is 71.6 Å². The first kappa shape index (κ1) is 31.4. The van der Waals surface area contributed by atoms with Crippen molar-refractivity contribution in [1.29, 1.82) is 0 Å². The topological polar surface area (TPSA) is 86.8 Å². The number of nitrogens with one attached hydrogen (secondary N) is 1. The summed E-state index contributed by atoms with van der Waals surface area (Å²) in [4.78, 5) is 28.1. The lowest BCUT2D eigenvalue weighted by atomic mass is 10.1. The van der Waals surface area contributed by atoms with Crippen LogP contribution in [0, 0.1) is 12.7 Å². The summed E-state index contributed by atoms with van der Waals surface area (Å²) in [5.74, 6) is -1.71. The molecule has 0 bridgehead atoms. The zero-order valence-corrected chi connectivity index (χ0v) is 25.0. The average molecular weight is 609 g/mol. The SMILES string of the molecule is CCC(C)NC(=O)C(C)N(Cc1ccccc1F)C(=O)CN(c1ccc(Cl)c(Cl)c1)S(=O)(=O)c1ccc(C)cc1. The van der Waals surface area contributed by atoms with Crippen LogP contribution in [-0.2, 0) is 26.2 Å². The molecule has 3 rings (SSSR count). The van der Waals surface area contributed by atoms with E-state index in [-0.39, 0.29) is 38.8 Å². The first-order valence-electron chi connectivity index (χ1n) is 12.7. The molecule has 0 heterocycles. The van der Waals surface area contributed by atoms with Crippen molar-refractivity contribution in [3.8, 4) is 0 Å². The number of rotatable bonds is 11. The Hall–Kier alpha value is -3.14. The average Bonchev–Trinajstić information content (AvgIpc) is 2.92. The molecule has 11 heteroatoms. The first-order valence-corrected chi connectivity index (χ1v) is 14.9. The maximum absolute atomic E-state index is 14.6. The quantitative estimate of drug-likeness (QED) is 0.291. The highest BCUT2D eigenvalue weighted by Gasteiger charge is 2.33. The van der Waals surface area contributed by atoms with E-state index in [9.17, 15) is 22.4 Å². The number of hydrogen-bond acceptors (Lipinski definition) is 4. The zero-order chi connectivity index (χ0) is 29.6. The summed E-state index contributed by atoms with van der Waals surface area (Å²) < 4.78 is 43.2. The minimum Gasteiger partial charge on any atom is -0.352 e. The molecule has 0 aliphatic rings. The molecule has 0 saturated heterocycles. The predicted octanol–water partition coefficient (Wildman–Crippen LogP) is 5.97. The number of carbonyl (C=O) groups excluding carboxylic acids is 2. The number of amides is 2. The van der Waals surface area contributed by atoms with Crippen LogP contribution < -0.4 is 9.62 Å². The number of aryl methyl sites for hydroxylation is 1. The van der Waals surface area contributed by atoms with Crippen LogP contribution in [0.1, 0.15) is 38.3 Å². The molecule has 3 aromatic rings. The predicted molar refractivity (Wildman–Crippen MR) is 156 cm³/mol. The Labute approximate surface area is 244 Å². The van der Waals surface area contributed by atoms with Crippen molar-refractivity contribution in [1.82, 2.24) is 10.2 Å². The Bertz CT molecular complexity index is 1470. The number of nitrogens with zero attached hydrogens (tertiary/aromatic N) is 2. The molecular weight excluding hydrogens is 576 g/mol. The normalized spacial score (nSPS) is 12.9. The van der Waals surface area contributed by atoms with Crippen molar-refractivity contribution >= 4 is 50.7 Å². The van der Waals surface area contributed by atoms with E-state index in [1.54, 1.807) is 18.2 Å². The van der Waals surface area contributed by atoms with Gasteiger partial charge in [-0.2, -0.15) is 0 Å². The second kappa shape index (κ2) is 13.5. The van der Waals surface area contributed by atoms with Crippen LogP contribution in [0.4, 0.5) is 10.1 Å². The molecule has 0 spiro atoms. The van der Waals surface area contributed by atoms with Gasteiger partial charge in [0.25, 0.3) is 10.0 Å². The van der Waals surface area contributed by atoms with Crippen molar-refractivity contribution in [3.05, 3.63) is 93.7 Å². The summed E-state index contributed by atoms with van der Waals surface area (Å²) in [6, 6.07) is 15.1.